The number of phenols is 1. The molecular weight excluding hydrogens is 280 g/mol. The maximum Gasteiger partial charge on any atom is 0.123 e. The summed E-state index contributed by atoms with van der Waals surface area (Å²) >= 11 is 0. The first-order valence-electron chi connectivity index (χ1n) is 9.44. The van der Waals surface area contributed by atoms with Gasteiger partial charge in [-0.3, -0.25) is 0 Å². The van der Waals surface area contributed by atoms with Gasteiger partial charge in [-0.25, -0.2) is 0 Å². The molecule has 1 N–H and O–H groups in total. The first kappa shape index (κ1) is 20.1. The minimum absolute atomic E-state index is 0.0266. The highest BCUT2D eigenvalue weighted by Crippen LogP contribution is 2.40. The third kappa shape index (κ3) is 6.20. The van der Waals surface area contributed by atoms with Crippen molar-refractivity contribution in [1.29, 1.82) is 0 Å². The van der Waals surface area contributed by atoms with Crippen molar-refractivity contribution >= 4 is 0 Å². The van der Waals surface area contributed by atoms with Crippen molar-refractivity contribution in [3.8, 4) is 5.75 Å². The quantitative estimate of drug-likeness (QED) is 0.543. The van der Waals surface area contributed by atoms with Crippen LogP contribution in [0.4, 0.5) is 0 Å². The van der Waals surface area contributed by atoms with Crippen LogP contribution in [-0.2, 0) is 17.3 Å². The van der Waals surface area contributed by atoms with Gasteiger partial charge in [0.15, 0.2) is 0 Å². The third-order valence-corrected chi connectivity index (χ3v) is 4.60. The molecule has 0 bridgehead atoms. The van der Waals surface area contributed by atoms with Gasteiger partial charge in [0.2, 0.25) is 0 Å². The smallest absolute Gasteiger partial charge is 0.123 e. The Balaban J connectivity index is 2.91. The molecule has 0 saturated carbocycles. The number of aryl methyl sites for hydroxylation is 1. The molecule has 0 atom stereocenters. The summed E-state index contributed by atoms with van der Waals surface area (Å²) in [5, 5.41) is 10.8. The summed E-state index contributed by atoms with van der Waals surface area (Å²) in [5.74, 6) is 0.497. The minimum Gasteiger partial charge on any atom is -0.507 e. The zero-order valence-electron chi connectivity index (χ0n) is 16.6. The second-order valence-electron chi connectivity index (χ2n) is 9.06. The van der Waals surface area contributed by atoms with Gasteiger partial charge in [0, 0.05) is 0 Å². The molecule has 1 rings (SSSR count). The Morgan fingerprint density at radius 2 is 1.17 bits per heavy atom. The Hall–Kier alpha value is -0.980. The molecule has 0 radical (unpaired) electrons. The molecule has 1 aromatic carbocycles. The highest BCUT2D eigenvalue weighted by Gasteiger charge is 2.26. The Labute approximate surface area is 144 Å². The topological polar surface area (TPSA) is 20.2 Å². The number of hydrogen-bond donors (Lipinski definition) is 1. The normalized spacial score (nSPS) is 12.7. The summed E-state index contributed by atoms with van der Waals surface area (Å²) < 4.78 is 0. The zero-order valence-corrected chi connectivity index (χ0v) is 16.6. The van der Waals surface area contributed by atoms with Crippen molar-refractivity contribution in [2.24, 2.45) is 0 Å². The van der Waals surface area contributed by atoms with Crippen LogP contribution in [0.1, 0.15) is 104 Å². The molecule has 0 heterocycles. The molecule has 0 spiro atoms. The molecule has 132 valence electrons. The molecule has 0 aliphatic heterocycles. The average Bonchev–Trinajstić information content (AvgIpc) is 2.41. The maximum absolute atomic E-state index is 10.8. The summed E-state index contributed by atoms with van der Waals surface area (Å²) in [6.45, 7) is 15.4. The number of hydrogen-bond acceptors (Lipinski definition) is 1. The first-order chi connectivity index (χ1) is 10.6. The second-order valence-corrected chi connectivity index (χ2v) is 9.06. The van der Waals surface area contributed by atoms with Crippen LogP contribution in [0.15, 0.2) is 12.1 Å². The Morgan fingerprint density at radius 1 is 0.739 bits per heavy atom. The van der Waals surface area contributed by atoms with Crippen molar-refractivity contribution in [2.45, 2.75) is 104 Å². The van der Waals surface area contributed by atoms with Crippen molar-refractivity contribution in [2.75, 3.05) is 0 Å². The lowest BCUT2D eigenvalue weighted by Crippen LogP contribution is -2.18. The summed E-state index contributed by atoms with van der Waals surface area (Å²) in [5.41, 5.74) is 3.51. The fourth-order valence-electron chi connectivity index (χ4n) is 3.09. The van der Waals surface area contributed by atoms with Gasteiger partial charge < -0.3 is 5.11 Å². The highest BCUT2D eigenvalue weighted by atomic mass is 16.3. The van der Waals surface area contributed by atoms with Crippen molar-refractivity contribution in [3.05, 3.63) is 28.8 Å². The predicted octanol–water partition coefficient (Wildman–Crippen LogP) is 6.89. The summed E-state index contributed by atoms with van der Waals surface area (Å²) in [6, 6.07) is 4.47. The van der Waals surface area contributed by atoms with E-state index < -0.39 is 0 Å². The number of unbranched alkanes of at least 4 members (excludes halogenated alkanes) is 5. The molecule has 0 fully saturated rings. The minimum atomic E-state index is -0.0266. The van der Waals surface area contributed by atoms with Crippen LogP contribution in [0.25, 0.3) is 0 Å². The van der Waals surface area contributed by atoms with Gasteiger partial charge in [0.05, 0.1) is 0 Å². The molecule has 23 heavy (non-hydrogen) atoms. The van der Waals surface area contributed by atoms with Gasteiger partial charge in [0.1, 0.15) is 5.75 Å². The van der Waals surface area contributed by atoms with Crippen LogP contribution in [0, 0.1) is 0 Å². The molecular formula is C22H38O. The monoisotopic (exact) mass is 318 g/mol. The van der Waals surface area contributed by atoms with E-state index in [1.54, 1.807) is 0 Å². The van der Waals surface area contributed by atoms with Gasteiger partial charge in [-0.1, -0.05) is 92.7 Å². The number of rotatable bonds is 7. The van der Waals surface area contributed by atoms with E-state index in [9.17, 15) is 5.11 Å². The van der Waals surface area contributed by atoms with E-state index in [-0.39, 0.29) is 10.8 Å². The molecule has 1 aromatic rings. The molecule has 0 aliphatic rings. The van der Waals surface area contributed by atoms with Crippen molar-refractivity contribution in [1.82, 2.24) is 0 Å². The van der Waals surface area contributed by atoms with E-state index in [1.807, 2.05) is 0 Å². The Bertz CT molecular complexity index is 451. The summed E-state index contributed by atoms with van der Waals surface area (Å²) in [6.07, 6.45) is 9.08. The average molecular weight is 319 g/mol. The van der Waals surface area contributed by atoms with Crippen LogP contribution in [0.3, 0.4) is 0 Å². The van der Waals surface area contributed by atoms with Crippen LogP contribution in [0.2, 0.25) is 0 Å². The van der Waals surface area contributed by atoms with Crippen LogP contribution in [-0.4, -0.2) is 5.11 Å². The number of aromatic hydroxyl groups is 1. The molecule has 0 aromatic heterocycles. The van der Waals surface area contributed by atoms with E-state index in [2.05, 4.69) is 60.6 Å². The lowest BCUT2D eigenvalue weighted by molar-refractivity contribution is 0.422. The lowest BCUT2D eigenvalue weighted by Gasteiger charge is -2.28. The Kier molecular flexibility index (Phi) is 7.17. The van der Waals surface area contributed by atoms with Crippen molar-refractivity contribution < 1.29 is 5.11 Å². The number of phenolic OH excluding ortho intramolecular Hbond substituents is 1. The van der Waals surface area contributed by atoms with E-state index in [0.29, 0.717) is 5.75 Å². The molecule has 1 heteroatoms. The summed E-state index contributed by atoms with van der Waals surface area (Å²) in [7, 11) is 0. The third-order valence-electron chi connectivity index (χ3n) is 4.60. The first-order valence-corrected chi connectivity index (χ1v) is 9.44. The largest absolute Gasteiger partial charge is 0.507 e. The predicted molar refractivity (Wildman–Crippen MR) is 103 cm³/mol. The van der Waals surface area contributed by atoms with Gasteiger partial charge in [-0.2, -0.15) is 0 Å². The number of benzene rings is 1. The van der Waals surface area contributed by atoms with Gasteiger partial charge in [-0.15, -0.1) is 0 Å². The fourth-order valence-corrected chi connectivity index (χ4v) is 3.09. The zero-order chi connectivity index (χ0) is 17.7. The summed E-state index contributed by atoms with van der Waals surface area (Å²) in [4.78, 5) is 0. The van der Waals surface area contributed by atoms with E-state index in [4.69, 9.17) is 0 Å². The molecule has 0 saturated heterocycles. The Morgan fingerprint density at radius 3 is 1.61 bits per heavy atom. The lowest BCUT2D eigenvalue weighted by atomic mass is 9.78. The van der Waals surface area contributed by atoms with Crippen LogP contribution in [0.5, 0.6) is 5.75 Å². The van der Waals surface area contributed by atoms with Gasteiger partial charge in [-0.05, 0) is 40.4 Å². The standard InChI is InChI=1S/C22H38O/c1-8-9-10-11-12-13-14-17-15-18(21(2,3)4)20(23)19(16-17)22(5,6)7/h15-16,23H,8-14H2,1-7H3. The molecule has 0 aliphatic carbocycles. The fraction of sp³-hybridized carbons (Fsp3) is 0.727. The molecule has 0 amide bonds. The van der Waals surface area contributed by atoms with Gasteiger partial charge in [0.25, 0.3) is 0 Å². The van der Waals surface area contributed by atoms with Gasteiger partial charge >= 0.3 is 0 Å². The van der Waals surface area contributed by atoms with E-state index >= 15 is 0 Å². The van der Waals surface area contributed by atoms with E-state index in [1.165, 1.54) is 44.1 Å². The molecule has 1 nitrogen and oxygen atoms in total. The SMILES string of the molecule is CCCCCCCCc1cc(C(C)(C)C)c(O)c(C(C)(C)C)c1. The maximum atomic E-state index is 10.8. The van der Waals surface area contributed by atoms with Crippen LogP contribution < -0.4 is 0 Å². The van der Waals surface area contributed by atoms with Crippen LogP contribution >= 0.6 is 0 Å². The van der Waals surface area contributed by atoms with E-state index in [0.717, 1.165) is 17.5 Å². The van der Waals surface area contributed by atoms with Crippen molar-refractivity contribution in [3.63, 3.8) is 0 Å². The highest BCUT2D eigenvalue weighted by molar-refractivity contribution is 5.49. The second kappa shape index (κ2) is 8.22. The molecule has 0 unspecified atom stereocenters.